The highest BCUT2D eigenvalue weighted by molar-refractivity contribution is 5.89. The Balaban J connectivity index is 1.81. The molecule has 2 fully saturated rings. The standard InChI is InChI=1S/C18H25N3O2/c1-15(22)20-11-13-21(14-12-20)17(23)18(7-9-19-10-8-18)16-5-3-2-4-6-16/h2-6,19H,7-14H2,1H3. The van der Waals surface area contributed by atoms with E-state index in [9.17, 15) is 9.59 Å². The molecule has 0 spiro atoms. The van der Waals surface area contributed by atoms with Crippen molar-refractivity contribution in [3.63, 3.8) is 0 Å². The SMILES string of the molecule is CC(=O)N1CCN(C(=O)C2(c3ccccc3)CCNCC2)CC1. The summed E-state index contributed by atoms with van der Waals surface area (Å²) in [5.41, 5.74) is 0.714. The summed E-state index contributed by atoms with van der Waals surface area (Å²) in [5.74, 6) is 0.324. The number of piperidine rings is 1. The van der Waals surface area contributed by atoms with Gasteiger partial charge in [0, 0.05) is 33.1 Å². The fourth-order valence-electron chi connectivity index (χ4n) is 3.76. The van der Waals surface area contributed by atoms with Gasteiger partial charge in [0.25, 0.3) is 0 Å². The molecule has 3 rings (SSSR count). The van der Waals surface area contributed by atoms with Crippen LogP contribution in [0.15, 0.2) is 30.3 Å². The number of hydrogen-bond donors (Lipinski definition) is 1. The molecule has 5 nitrogen and oxygen atoms in total. The number of carbonyl (C=O) groups excluding carboxylic acids is 2. The summed E-state index contributed by atoms with van der Waals surface area (Å²) >= 11 is 0. The van der Waals surface area contributed by atoms with Crippen LogP contribution in [0, 0.1) is 0 Å². The second-order valence-electron chi connectivity index (χ2n) is 6.50. The molecule has 1 aromatic carbocycles. The molecule has 0 bridgehead atoms. The first-order valence-corrected chi connectivity index (χ1v) is 8.45. The van der Waals surface area contributed by atoms with Crippen LogP contribution in [0.2, 0.25) is 0 Å². The summed E-state index contributed by atoms with van der Waals surface area (Å²) in [6.07, 6.45) is 1.67. The van der Waals surface area contributed by atoms with Crippen molar-refractivity contribution in [2.75, 3.05) is 39.3 Å². The van der Waals surface area contributed by atoms with E-state index >= 15 is 0 Å². The average Bonchev–Trinajstić information content (AvgIpc) is 2.62. The summed E-state index contributed by atoms with van der Waals surface area (Å²) in [6.45, 7) is 5.90. The van der Waals surface area contributed by atoms with Gasteiger partial charge in [-0.2, -0.15) is 0 Å². The molecule has 0 unspecified atom stereocenters. The Morgan fingerprint density at radius 3 is 2.09 bits per heavy atom. The zero-order chi connectivity index (χ0) is 16.3. The summed E-state index contributed by atoms with van der Waals surface area (Å²) in [7, 11) is 0. The fraction of sp³-hybridized carbons (Fsp3) is 0.556. The minimum Gasteiger partial charge on any atom is -0.339 e. The van der Waals surface area contributed by atoms with Crippen LogP contribution in [0.25, 0.3) is 0 Å². The van der Waals surface area contributed by atoms with Gasteiger partial charge in [-0.05, 0) is 31.5 Å². The van der Waals surface area contributed by atoms with Crippen LogP contribution < -0.4 is 5.32 Å². The quantitative estimate of drug-likeness (QED) is 0.886. The summed E-state index contributed by atoms with van der Waals surface area (Å²) in [5, 5.41) is 3.37. The smallest absolute Gasteiger partial charge is 0.233 e. The number of rotatable bonds is 2. The van der Waals surface area contributed by atoms with E-state index in [2.05, 4.69) is 17.4 Å². The molecule has 0 radical (unpaired) electrons. The molecule has 2 aliphatic heterocycles. The number of carbonyl (C=O) groups is 2. The van der Waals surface area contributed by atoms with Gasteiger partial charge < -0.3 is 15.1 Å². The average molecular weight is 315 g/mol. The number of hydrogen-bond acceptors (Lipinski definition) is 3. The maximum atomic E-state index is 13.3. The van der Waals surface area contributed by atoms with Gasteiger partial charge in [-0.15, -0.1) is 0 Å². The van der Waals surface area contributed by atoms with Crippen molar-refractivity contribution in [1.82, 2.24) is 15.1 Å². The van der Waals surface area contributed by atoms with Crippen LogP contribution >= 0.6 is 0 Å². The first-order chi connectivity index (χ1) is 11.1. The lowest BCUT2D eigenvalue weighted by Crippen LogP contribution is -2.57. The van der Waals surface area contributed by atoms with E-state index in [1.807, 2.05) is 28.0 Å². The van der Waals surface area contributed by atoms with E-state index in [0.29, 0.717) is 26.2 Å². The molecule has 1 aromatic rings. The van der Waals surface area contributed by atoms with Gasteiger partial charge in [0.2, 0.25) is 11.8 Å². The van der Waals surface area contributed by atoms with Crippen LogP contribution in [0.1, 0.15) is 25.3 Å². The van der Waals surface area contributed by atoms with Crippen molar-refractivity contribution < 1.29 is 9.59 Å². The molecular weight excluding hydrogens is 290 g/mol. The zero-order valence-electron chi connectivity index (χ0n) is 13.8. The van der Waals surface area contributed by atoms with Crippen molar-refractivity contribution in [3.8, 4) is 0 Å². The highest BCUT2D eigenvalue weighted by atomic mass is 16.2. The maximum absolute atomic E-state index is 13.3. The van der Waals surface area contributed by atoms with E-state index in [1.165, 1.54) is 0 Å². The van der Waals surface area contributed by atoms with Gasteiger partial charge in [-0.3, -0.25) is 9.59 Å². The minimum atomic E-state index is -0.412. The highest BCUT2D eigenvalue weighted by Crippen LogP contribution is 2.35. The molecule has 2 amide bonds. The lowest BCUT2D eigenvalue weighted by atomic mass is 9.72. The molecule has 0 aliphatic carbocycles. The normalized spacial score (nSPS) is 21.1. The predicted octanol–water partition coefficient (Wildman–Crippen LogP) is 0.998. The predicted molar refractivity (Wildman–Crippen MR) is 89.1 cm³/mol. The Kier molecular flexibility index (Phi) is 4.66. The monoisotopic (exact) mass is 315 g/mol. The molecule has 124 valence electrons. The second kappa shape index (κ2) is 6.71. The Hall–Kier alpha value is -1.88. The van der Waals surface area contributed by atoms with Crippen LogP contribution in [0.5, 0.6) is 0 Å². The lowest BCUT2D eigenvalue weighted by molar-refractivity contribution is -0.143. The summed E-state index contributed by atoms with van der Waals surface area (Å²) in [4.78, 5) is 28.6. The molecule has 2 saturated heterocycles. The van der Waals surface area contributed by atoms with E-state index in [4.69, 9.17) is 0 Å². The van der Waals surface area contributed by atoms with Crippen LogP contribution in [-0.4, -0.2) is 60.9 Å². The minimum absolute atomic E-state index is 0.0942. The topological polar surface area (TPSA) is 52.7 Å². The van der Waals surface area contributed by atoms with Gasteiger partial charge in [0.1, 0.15) is 0 Å². The number of piperazine rings is 1. The van der Waals surface area contributed by atoms with Crippen molar-refractivity contribution in [2.45, 2.75) is 25.2 Å². The molecule has 2 aliphatic rings. The van der Waals surface area contributed by atoms with Gasteiger partial charge in [0.05, 0.1) is 5.41 Å². The van der Waals surface area contributed by atoms with Crippen molar-refractivity contribution >= 4 is 11.8 Å². The molecular formula is C18H25N3O2. The molecule has 23 heavy (non-hydrogen) atoms. The van der Waals surface area contributed by atoms with Crippen molar-refractivity contribution in [1.29, 1.82) is 0 Å². The van der Waals surface area contributed by atoms with Gasteiger partial charge in [-0.25, -0.2) is 0 Å². The molecule has 0 atom stereocenters. The molecule has 5 heteroatoms. The fourth-order valence-corrected chi connectivity index (χ4v) is 3.76. The highest BCUT2D eigenvalue weighted by Gasteiger charge is 2.44. The number of nitrogens with zero attached hydrogens (tertiary/aromatic N) is 2. The third-order valence-electron chi connectivity index (χ3n) is 5.21. The first kappa shape index (κ1) is 16.0. The largest absolute Gasteiger partial charge is 0.339 e. The number of amides is 2. The van der Waals surface area contributed by atoms with E-state index in [0.717, 1.165) is 31.5 Å². The van der Waals surface area contributed by atoms with E-state index in [-0.39, 0.29) is 11.8 Å². The van der Waals surface area contributed by atoms with Crippen LogP contribution in [0.3, 0.4) is 0 Å². The molecule has 1 N–H and O–H groups in total. The van der Waals surface area contributed by atoms with Gasteiger partial charge in [-0.1, -0.05) is 30.3 Å². The van der Waals surface area contributed by atoms with Gasteiger partial charge >= 0.3 is 0 Å². The Morgan fingerprint density at radius 2 is 1.52 bits per heavy atom. The zero-order valence-corrected chi connectivity index (χ0v) is 13.8. The van der Waals surface area contributed by atoms with E-state index < -0.39 is 5.41 Å². The van der Waals surface area contributed by atoms with Crippen molar-refractivity contribution in [2.24, 2.45) is 0 Å². The lowest BCUT2D eigenvalue weighted by Gasteiger charge is -2.43. The summed E-state index contributed by atoms with van der Waals surface area (Å²) in [6, 6.07) is 10.2. The Bertz CT molecular complexity index is 559. The maximum Gasteiger partial charge on any atom is 0.233 e. The first-order valence-electron chi connectivity index (χ1n) is 8.45. The van der Waals surface area contributed by atoms with Crippen LogP contribution in [-0.2, 0) is 15.0 Å². The third-order valence-corrected chi connectivity index (χ3v) is 5.21. The molecule has 0 saturated carbocycles. The Morgan fingerprint density at radius 1 is 0.957 bits per heavy atom. The number of nitrogens with one attached hydrogen (secondary N) is 1. The Labute approximate surface area is 137 Å². The van der Waals surface area contributed by atoms with E-state index in [1.54, 1.807) is 6.92 Å². The summed E-state index contributed by atoms with van der Waals surface area (Å²) < 4.78 is 0. The van der Waals surface area contributed by atoms with Gasteiger partial charge in [0.15, 0.2) is 0 Å². The number of benzene rings is 1. The van der Waals surface area contributed by atoms with Crippen molar-refractivity contribution in [3.05, 3.63) is 35.9 Å². The third kappa shape index (κ3) is 3.11. The second-order valence-corrected chi connectivity index (χ2v) is 6.50. The molecule has 2 heterocycles. The van der Waals surface area contributed by atoms with Crippen LogP contribution in [0.4, 0.5) is 0 Å². The molecule has 0 aromatic heterocycles.